The fourth-order valence-corrected chi connectivity index (χ4v) is 1.69. The predicted octanol–water partition coefficient (Wildman–Crippen LogP) is 2.25. The Bertz CT molecular complexity index is 322. The van der Waals surface area contributed by atoms with E-state index in [-0.39, 0.29) is 11.9 Å². The Kier molecular flexibility index (Phi) is 5.06. The van der Waals surface area contributed by atoms with Crippen molar-refractivity contribution in [1.29, 1.82) is 0 Å². The van der Waals surface area contributed by atoms with Crippen molar-refractivity contribution in [2.75, 3.05) is 13.6 Å². The highest BCUT2D eigenvalue weighted by Gasteiger charge is 2.09. The van der Waals surface area contributed by atoms with Crippen LogP contribution in [0.15, 0.2) is 18.2 Å². The first-order chi connectivity index (χ1) is 7.50. The zero-order chi connectivity index (χ0) is 12.1. The molecule has 0 heterocycles. The zero-order valence-corrected chi connectivity index (χ0v) is 10.4. The smallest absolute Gasteiger partial charge is 0.121 e. The molecule has 0 radical (unpaired) electrons. The SMILES string of the molecule is CC(O)CCN(C)Cc1c(O)cccc1Cl. The lowest BCUT2D eigenvalue weighted by molar-refractivity contribution is 0.162. The lowest BCUT2D eigenvalue weighted by Crippen LogP contribution is -2.22. The lowest BCUT2D eigenvalue weighted by atomic mass is 10.2. The van der Waals surface area contributed by atoms with Crippen molar-refractivity contribution in [2.24, 2.45) is 0 Å². The normalized spacial score (nSPS) is 13.1. The van der Waals surface area contributed by atoms with Gasteiger partial charge in [0.15, 0.2) is 0 Å². The lowest BCUT2D eigenvalue weighted by Gasteiger charge is -2.18. The summed E-state index contributed by atoms with van der Waals surface area (Å²) in [7, 11) is 1.94. The first kappa shape index (κ1) is 13.3. The largest absolute Gasteiger partial charge is 0.508 e. The summed E-state index contributed by atoms with van der Waals surface area (Å²) >= 11 is 6.00. The van der Waals surface area contributed by atoms with Crippen molar-refractivity contribution in [2.45, 2.75) is 26.0 Å². The Labute approximate surface area is 101 Å². The number of aliphatic hydroxyl groups is 1. The van der Waals surface area contributed by atoms with Gasteiger partial charge in [0, 0.05) is 23.7 Å². The molecule has 16 heavy (non-hydrogen) atoms. The second kappa shape index (κ2) is 6.09. The Balaban J connectivity index is 2.59. The van der Waals surface area contributed by atoms with E-state index >= 15 is 0 Å². The van der Waals surface area contributed by atoms with Crippen LogP contribution in [0.25, 0.3) is 0 Å². The average Bonchev–Trinajstić information content (AvgIpc) is 2.21. The number of rotatable bonds is 5. The number of aromatic hydroxyl groups is 1. The summed E-state index contributed by atoms with van der Waals surface area (Å²) in [5.41, 5.74) is 0.734. The Hall–Kier alpha value is -0.770. The van der Waals surface area contributed by atoms with Crippen molar-refractivity contribution in [1.82, 2.24) is 4.90 Å². The van der Waals surface area contributed by atoms with Gasteiger partial charge in [-0.2, -0.15) is 0 Å². The highest BCUT2D eigenvalue weighted by molar-refractivity contribution is 6.31. The van der Waals surface area contributed by atoms with Crippen LogP contribution in [0.5, 0.6) is 5.75 Å². The summed E-state index contributed by atoms with van der Waals surface area (Å²) in [5, 5.41) is 19.4. The molecule has 0 aromatic heterocycles. The van der Waals surface area contributed by atoms with Crippen molar-refractivity contribution in [3.8, 4) is 5.75 Å². The van der Waals surface area contributed by atoms with Crippen LogP contribution in [0.2, 0.25) is 5.02 Å². The Morgan fingerprint density at radius 2 is 2.12 bits per heavy atom. The number of phenols is 1. The molecule has 0 amide bonds. The van der Waals surface area contributed by atoms with Gasteiger partial charge < -0.3 is 15.1 Å². The number of halogens is 1. The molecule has 0 fully saturated rings. The van der Waals surface area contributed by atoms with Crippen LogP contribution < -0.4 is 0 Å². The highest BCUT2D eigenvalue weighted by atomic mass is 35.5. The standard InChI is InChI=1S/C12H18ClNO2/c1-9(15)6-7-14(2)8-10-11(13)4-3-5-12(10)16/h3-5,9,15-16H,6-8H2,1-2H3. The number of benzene rings is 1. The van der Waals surface area contributed by atoms with E-state index in [9.17, 15) is 10.2 Å². The van der Waals surface area contributed by atoms with Crippen LogP contribution in [0.4, 0.5) is 0 Å². The molecule has 90 valence electrons. The summed E-state index contributed by atoms with van der Waals surface area (Å²) in [4.78, 5) is 2.02. The molecular weight excluding hydrogens is 226 g/mol. The summed E-state index contributed by atoms with van der Waals surface area (Å²) < 4.78 is 0. The maximum absolute atomic E-state index is 9.66. The second-order valence-electron chi connectivity index (χ2n) is 4.11. The quantitative estimate of drug-likeness (QED) is 0.834. The van der Waals surface area contributed by atoms with Crippen LogP contribution in [0, 0.1) is 0 Å². The van der Waals surface area contributed by atoms with Gasteiger partial charge in [-0.3, -0.25) is 0 Å². The van der Waals surface area contributed by atoms with Crippen LogP contribution in [0.1, 0.15) is 18.9 Å². The fourth-order valence-electron chi connectivity index (χ4n) is 1.46. The van der Waals surface area contributed by atoms with Gasteiger partial charge in [-0.05, 0) is 32.5 Å². The van der Waals surface area contributed by atoms with E-state index in [1.165, 1.54) is 0 Å². The molecule has 0 saturated carbocycles. The van der Waals surface area contributed by atoms with Crippen LogP contribution in [-0.2, 0) is 6.54 Å². The van der Waals surface area contributed by atoms with E-state index in [0.29, 0.717) is 18.0 Å². The molecule has 1 aromatic carbocycles. The summed E-state index contributed by atoms with van der Waals surface area (Å²) in [6, 6.07) is 5.11. The maximum atomic E-state index is 9.66. The summed E-state index contributed by atoms with van der Waals surface area (Å²) in [6.07, 6.45) is 0.407. The monoisotopic (exact) mass is 243 g/mol. The summed E-state index contributed by atoms with van der Waals surface area (Å²) in [5.74, 6) is 0.219. The number of hydrogen-bond acceptors (Lipinski definition) is 3. The Morgan fingerprint density at radius 1 is 1.44 bits per heavy atom. The molecule has 0 aliphatic carbocycles. The van der Waals surface area contributed by atoms with E-state index in [1.807, 2.05) is 11.9 Å². The predicted molar refractivity (Wildman–Crippen MR) is 65.7 cm³/mol. The minimum absolute atomic E-state index is 0.219. The number of aliphatic hydroxyl groups excluding tert-OH is 1. The third-order valence-corrected chi connectivity index (χ3v) is 2.80. The van der Waals surface area contributed by atoms with Crippen molar-refractivity contribution >= 4 is 11.6 Å². The molecule has 0 spiro atoms. The Morgan fingerprint density at radius 3 is 2.69 bits per heavy atom. The van der Waals surface area contributed by atoms with Gasteiger partial charge in [-0.1, -0.05) is 17.7 Å². The van der Waals surface area contributed by atoms with Gasteiger partial charge in [-0.25, -0.2) is 0 Å². The number of nitrogens with zero attached hydrogens (tertiary/aromatic N) is 1. The van der Waals surface area contributed by atoms with Gasteiger partial charge in [-0.15, -0.1) is 0 Å². The topological polar surface area (TPSA) is 43.7 Å². The molecule has 0 aliphatic heterocycles. The third-order valence-electron chi connectivity index (χ3n) is 2.45. The second-order valence-corrected chi connectivity index (χ2v) is 4.52. The van der Waals surface area contributed by atoms with Gasteiger partial charge in [0.1, 0.15) is 5.75 Å². The highest BCUT2D eigenvalue weighted by Crippen LogP contribution is 2.26. The van der Waals surface area contributed by atoms with E-state index in [1.54, 1.807) is 25.1 Å². The first-order valence-electron chi connectivity index (χ1n) is 5.33. The van der Waals surface area contributed by atoms with Crippen molar-refractivity contribution < 1.29 is 10.2 Å². The zero-order valence-electron chi connectivity index (χ0n) is 9.65. The molecule has 1 atom stereocenters. The minimum Gasteiger partial charge on any atom is -0.508 e. The molecule has 1 rings (SSSR count). The van der Waals surface area contributed by atoms with E-state index in [2.05, 4.69) is 0 Å². The molecule has 3 nitrogen and oxygen atoms in total. The number of phenolic OH excluding ortho intramolecular Hbond substituents is 1. The minimum atomic E-state index is -0.303. The molecule has 0 bridgehead atoms. The van der Waals surface area contributed by atoms with E-state index in [4.69, 9.17) is 11.6 Å². The van der Waals surface area contributed by atoms with Gasteiger partial charge in [0.2, 0.25) is 0 Å². The van der Waals surface area contributed by atoms with Crippen LogP contribution in [-0.4, -0.2) is 34.8 Å². The molecule has 4 heteroatoms. The molecular formula is C12H18ClNO2. The molecule has 0 saturated heterocycles. The van der Waals surface area contributed by atoms with Crippen molar-refractivity contribution in [3.05, 3.63) is 28.8 Å². The number of hydrogen-bond donors (Lipinski definition) is 2. The molecule has 1 aromatic rings. The average molecular weight is 244 g/mol. The van der Waals surface area contributed by atoms with Crippen LogP contribution >= 0.6 is 11.6 Å². The van der Waals surface area contributed by atoms with Crippen molar-refractivity contribution in [3.63, 3.8) is 0 Å². The van der Waals surface area contributed by atoms with E-state index < -0.39 is 0 Å². The molecule has 0 aliphatic rings. The third kappa shape index (κ3) is 4.00. The van der Waals surface area contributed by atoms with Gasteiger partial charge in [0.25, 0.3) is 0 Å². The van der Waals surface area contributed by atoms with Crippen LogP contribution in [0.3, 0.4) is 0 Å². The van der Waals surface area contributed by atoms with Gasteiger partial charge >= 0.3 is 0 Å². The molecule has 2 N–H and O–H groups in total. The van der Waals surface area contributed by atoms with E-state index in [0.717, 1.165) is 12.1 Å². The summed E-state index contributed by atoms with van der Waals surface area (Å²) in [6.45, 7) is 3.11. The van der Waals surface area contributed by atoms with Gasteiger partial charge in [0.05, 0.1) is 6.10 Å². The maximum Gasteiger partial charge on any atom is 0.121 e. The fraction of sp³-hybridized carbons (Fsp3) is 0.500. The molecule has 1 unspecified atom stereocenters. The first-order valence-corrected chi connectivity index (χ1v) is 5.71.